The van der Waals surface area contributed by atoms with Gasteiger partial charge in [-0.25, -0.2) is 9.79 Å². The fraction of sp³-hybridized carbons (Fsp3) is 0.696. The fourth-order valence-corrected chi connectivity index (χ4v) is 3.67. The lowest BCUT2D eigenvalue weighted by atomic mass is 9.78. The number of nitrogens with one attached hydrogen (secondary N) is 2. The SMILES string of the molecule is C.C=C(C)/C(=N\C(=N)Cl)N(C(=C)C(C)C)C1(CNC(=O)OC(C)(C)C)CCCCC1. The van der Waals surface area contributed by atoms with E-state index in [1.807, 2.05) is 27.7 Å². The molecule has 1 saturated carbocycles. The second kappa shape index (κ2) is 11.5. The number of hydrogen-bond acceptors (Lipinski definition) is 3. The summed E-state index contributed by atoms with van der Waals surface area (Å²) in [5.74, 6) is 0.668. The summed E-state index contributed by atoms with van der Waals surface area (Å²) < 4.78 is 5.44. The summed E-state index contributed by atoms with van der Waals surface area (Å²) >= 11 is 5.84. The van der Waals surface area contributed by atoms with E-state index in [1.54, 1.807) is 0 Å². The normalized spacial score (nSPS) is 16.3. The summed E-state index contributed by atoms with van der Waals surface area (Å²) in [6.07, 6.45) is 4.46. The van der Waals surface area contributed by atoms with E-state index < -0.39 is 17.2 Å². The number of carbonyl (C=O) groups excluding carboxylic acids is 1. The molecule has 0 aliphatic heterocycles. The van der Waals surface area contributed by atoms with Crippen molar-refractivity contribution in [3.63, 3.8) is 0 Å². The number of carbonyl (C=O) groups is 1. The van der Waals surface area contributed by atoms with E-state index >= 15 is 0 Å². The minimum Gasteiger partial charge on any atom is -0.444 e. The van der Waals surface area contributed by atoms with Crippen LogP contribution in [0.5, 0.6) is 0 Å². The Labute approximate surface area is 188 Å². The topological polar surface area (TPSA) is 77.8 Å². The molecule has 0 radical (unpaired) electrons. The van der Waals surface area contributed by atoms with Crippen molar-refractivity contribution in [1.82, 2.24) is 10.2 Å². The van der Waals surface area contributed by atoms with Crippen molar-refractivity contribution in [2.75, 3.05) is 6.54 Å². The minimum atomic E-state index is -0.566. The molecule has 172 valence electrons. The number of hydrogen-bond donors (Lipinski definition) is 2. The number of halogens is 1. The van der Waals surface area contributed by atoms with Gasteiger partial charge in [-0.2, -0.15) is 0 Å². The van der Waals surface area contributed by atoms with Crippen LogP contribution in [0.25, 0.3) is 0 Å². The number of alkyl carbamates (subject to hydrolysis) is 1. The Balaban J connectivity index is 0.00000841. The first-order valence-corrected chi connectivity index (χ1v) is 10.6. The van der Waals surface area contributed by atoms with E-state index in [0.717, 1.165) is 37.8 Å². The van der Waals surface area contributed by atoms with Crippen LogP contribution in [0.3, 0.4) is 0 Å². The van der Waals surface area contributed by atoms with Crippen LogP contribution in [0.4, 0.5) is 4.79 Å². The number of allylic oxidation sites excluding steroid dienone is 1. The van der Waals surface area contributed by atoms with Crippen molar-refractivity contribution < 1.29 is 9.53 Å². The second-order valence-electron chi connectivity index (χ2n) is 9.13. The molecular weight excluding hydrogens is 400 g/mol. The summed E-state index contributed by atoms with van der Waals surface area (Å²) in [7, 11) is 0. The molecule has 1 rings (SSSR count). The van der Waals surface area contributed by atoms with Crippen molar-refractivity contribution in [2.24, 2.45) is 10.9 Å². The zero-order chi connectivity index (χ0) is 22.4. The van der Waals surface area contributed by atoms with Gasteiger partial charge < -0.3 is 15.0 Å². The van der Waals surface area contributed by atoms with Crippen LogP contribution < -0.4 is 5.32 Å². The van der Waals surface area contributed by atoms with Crippen LogP contribution in [0.15, 0.2) is 29.4 Å². The molecule has 1 amide bonds. The third-order valence-electron chi connectivity index (χ3n) is 4.97. The minimum absolute atomic E-state index is 0. The van der Waals surface area contributed by atoms with Crippen molar-refractivity contribution >= 4 is 28.8 Å². The van der Waals surface area contributed by atoms with Crippen LogP contribution in [-0.2, 0) is 4.74 Å². The molecule has 30 heavy (non-hydrogen) atoms. The highest BCUT2D eigenvalue weighted by atomic mass is 35.5. The maximum Gasteiger partial charge on any atom is 0.407 e. The number of amides is 1. The molecule has 0 atom stereocenters. The summed E-state index contributed by atoms with van der Waals surface area (Å²) in [5.41, 5.74) is 0.556. The molecule has 0 bridgehead atoms. The Morgan fingerprint density at radius 3 is 2.20 bits per heavy atom. The van der Waals surface area contributed by atoms with Gasteiger partial charge in [0.25, 0.3) is 0 Å². The molecule has 0 aromatic rings. The van der Waals surface area contributed by atoms with E-state index in [4.69, 9.17) is 21.7 Å². The van der Waals surface area contributed by atoms with Gasteiger partial charge in [-0.05, 0) is 63.6 Å². The maximum atomic E-state index is 12.4. The van der Waals surface area contributed by atoms with Crippen LogP contribution >= 0.6 is 11.6 Å². The molecule has 0 saturated heterocycles. The second-order valence-corrected chi connectivity index (χ2v) is 9.49. The average molecular weight is 441 g/mol. The molecule has 0 unspecified atom stereocenters. The molecule has 1 aliphatic rings. The van der Waals surface area contributed by atoms with Gasteiger partial charge in [-0.15, -0.1) is 0 Å². The Morgan fingerprint density at radius 1 is 1.27 bits per heavy atom. The van der Waals surface area contributed by atoms with Crippen LogP contribution in [0.1, 0.15) is 81.1 Å². The summed E-state index contributed by atoms with van der Waals surface area (Å²) in [6.45, 7) is 20.3. The Bertz CT molecular complexity index is 671. The van der Waals surface area contributed by atoms with E-state index in [1.165, 1.54) is 0 Å². The lowest BCUT2D eigenvalue weighted by Crippen LogP contribution is -2.59. The Hall–Kier alpha value is -1.82. The Kier molecular flexibility index (Phi) is 10.8. The average Bonchev–Trinajstić information content (AvgIpc) is 2.58. The molecule has 0 heterocycles. The first kappa shape index (κ1) is 28.2. The number of nitrogens with zero attached hydrogens (tertiary/aromatic N) is 2. The zero-order valence-corrected chi connectivity index (χ0v) is 19.6. The number of rotatable bonds is 6. The van der Waals surface area contributed by atoms with Gasteiger partial charge in [0.15, 0.2) is 0 Å². The smallest absolute Gasteiger partial charge is 0.407 e. The number of amidine groups is 2. The zero-order valence-electron chi connectivity index (χ0n) is 18.8. The molecule has 7 heteroatoms. The predicted octanol–water partition coefficient (Wildman–Crippen LogP) is 6.47. The first-order valence-electron chi connectivity index (χ1n) is 10.2. The Morgan fingerprint density at radius 2 is 1.80 bits per heavy atom. The fourth-order valence-electron chi connectivity index (χ4n) is 3.59. The van der Waals surface area contributed by atoms with Gasteiger partial charge >= 0.3 is 6.09 Å². The molecule has 0 aromatic heterocycles. The highest BCUT2D eigenvalue weighted by Crippen LogP contribution is 2.38. The lowest BCUT2D eigenvalue weighted by molar-refractivity contribution is 0.0469. The summed E-state index contributed by atoms with van der Waals surface area (Å²) in [5, 5.41) is 10.3. The third-order valence-corrected chi connectivity index (χ3v) is 5.06. The molecule has 0 spiro atoms. The van der Waals surface area contributed by atoms with Crippen LogP contribution in [0, 0.1) is 11.3 Å². The van der Waals surface area contributed by atoms with Gasteiger partial charge in [0.05, 0.1) is 5.54 Å². The van der Waals surface area contributed by atoms with Crippen molar-refractivity contribution in [3.05, 3.63) is 24.4 Å². The highest BCUT2D eigenvalue weighted by Gasteiger charge is 2.42. The molecule has 1 fully saturated rings. The van der Waals surface area contributed by atoms with Crippen LogP contribution in [0.2, 0.25) is 0 Å². The maximum absolute atomic E-state index is 12.4. The van der Waals surface area contributed by atoms with Crippen molar-refractivity contribution in [3.8, 4) is 0 Å². The van der Waals surface area contributed by atoms with Crippen molar-refractivity contribution in [1.29, 1.82) is 5.41 Å². The van der Waals surface area contributed by atoms with E-state index in [-0.39, 0.29) is 18.6 Å². The van der Waals surface area contributed by atoms with E-state index in [0.29, 0.717) is 18.0 Å². The number of ether oxygens (including phenoxy) is 1. The largest absolute Gasteiger partial charge is 0.444 e. The quantitative estimate of drug-likeness (QED) is 0.282. The molecular formula is C23H41ClN4O2. The molecule has 2 N–H and O–H groups in total. The van der Waals surface area contributed by atoms with Crippen molar-refractivity contribution in [2.45, 2.75) is 92.2 Å². The van der Waals surface area contributed by atoms with Gasteiger partial charge in [0, 0.05) is 12.2 Å². The highest BCUT2D eigenvalue weighted by molar-refractivity contribution is 6.64. The monoisotopic (exact) mass is 440 g/mol. The summed E-state index contributed by atoms with van der Waals surface area (Å²) in [6, 6.07) is 0. The van der Waals surface area contributed by atoms with E-state index in [9.17, 15) is 4.79 Å². The predicted molar refractivity (Wildman–Crippen MR) is 128 cm³/mol. The molecule has 1 aliphatic carbocycles. The van der Waals surface area contributed by atoms with Gasteiger partial charge in [0.1, 0.15) is 11.4 Å². The molecule has 6 nitrogen and oxygen atoms in total. The summed E-state index contributed by atoms with van der Waals surface area (Å²) in [4.78, 5) is 18.7. The number of aliphatic imine (C=N–C) groups is 1. The third kappa shape index (κ3) is 8.13. The standard InChI is InChI=1S/C22H37ClN4O2.CH4/c1-15(2)17(5)27(18(16(3)4)26-19(23)24)22(12-10-9-11-13-22)14-25-20(28)29-21(6,7)8;/h15,24H,3,5,9-14H2,1-2,4,6-8H3,(H,25,28);1H4/b24-19?,26-18+;. The van der Waals surface area contributed by atoms with Gasteiger partial charge in [-0.1, -0.05) is 53.7 Å². The first-order chi connectivity index (χ1) is 13.3. The van der Waals surface area contributed by atoms with Gasteiger partial charge in [-0.3, -0.25) is 5.41 Å². The lowest BCUT2D eigenvalue weighted by Gasteiger charge is -2.49. The molecule has 0 aromatic carbocycles. The van der Waals surface area contributed by atoms with Gasteiger partial charge in [0.2, 0.25) is 5.29 Å². The van der Waals surface area contributed by atoms with Crippen LogP contribution in [-0.4, -0.2) is 39.8 Å². The van der Waals surface area contributed by atoms with E-state index in [2.05, 4.69) is 42.2 Å².